The van der Waals surface area contributed by atoms with Gasteiger partial charge in [0, 0.05) is 26.2 Å². The van der Waals surface area contributed by atoms with Crippen molar-refractivity contribution >= 4 is 28.9 Å². The van der Waals surface area contributed by atoms with Gasteiger partial charge >= 0.3 is 6.09 Å². The van der Waals surface area contributed by atoms with Crippen LogP contribution in [0.2, 0.25) is 0 Å². The molecule has 0 spiro atoms. The first-order chi connectivity index (χ1) is 13.2. The van der Waals surface area contributed by atoms with E-state index in [0.29, 0.717) is 31.3 Å². The van der Waals surface area contributed by atoms with E-state index in [4.69, 9.17) is 10.6 Å². The fraction of sp³-hybridized carbons (Fsp3) is 0.526. The number of hydrazone groups is 1. The molecule has 1 saturated heterocycles. The lowest BCUT2D eigenvalue weighted by Crippen LogP contribution is -2.53. The number of hydrogen-bond acceptors (Lipinski definition) is 7. The topological polar surface area (TPSA) is 100 Å². The minimum absolute atomic E-state index is 0.199. The van der Waals surface area contributed by atoms with Crippen molar-refractivity contribution in [2.45, 2.75) is 32.4 Å². The Bertz CT molecular complexity index is 697. The van der Waals surface area contributed by atoms with Crippen LogP contribution in [0, 0.1) is 0 Å². The summed E-state index contributed by atoms with van der Waals surface area (Å²) in [7, 11) is 0. The van der Waals surface area contributed by atoms with Gasteiger partial charge in [-0.2, -0.15) is 5.10 Å². The van der Waals surface area contributed by atoms with E-state index in [1.807, 2.05) is 51.1 Å². The van der Waals surface area contributed by atoms with E-state index in [1.54, 1.807) is 11.2 Å². The Kier molecular flexibility index (Phi) is 7.70. The lowest BCUT2D eigenvalue weighted by molar-refractivity contribution is -0.125. The summed E-state index contributed by atoms with van der Waals surface area (Å²) in [5.74, 6) is 5.13. The molecule has 1 atom stereocenters. The smallest absolute Gasteiger partial charge is 0.410 e. The quantitative estimate of drug-likeness (QED) is 0.344. The lowest BCUT2D eigenvalue weighted by atomic mass is 10.0. The number of nitrogens with one attached hydrogen (secondary N) is 1. The molecule has 0 saturated carbocycles. The predicted octanol–water partition coefficient (Wildman–Crippen LogP) is 1.99. The van der Waals surface area contributed by atoms with Crippen molar-refractivity contribution in [2.24, 2.45) is 10.9 Å². The van der Waals surface area contributed by atoms with Gasteiger partial charge in [-0.1, -0.05) is 42.1 Å². The molecule has 1 fully saturated rings. The van der Waals surface area contributed by atoms with Gasteiger partial charge in [-0.15, -0.1) is 0 Å². The summed E-state index contributed by atoms with van der Waals surface area (Å²) < 4.78 is 5.44. The van der Waals surface area contributed by atoms with Crippen LogP contribution in [0.25, 0.3) is 0 Å². The molecule has 28 heavy (non-hydrogen) atoms. The second-order valence-electron chi connectivity index (χ2n) is 7.44. The second-order valence-corrected chi connectivity index (χ2v) is 8.24. The summed E-state index contributed by atoms with van der Waals surface area (Å²) in [5, 5.41) is 6.74. The number of hydrogen-bond donors (Lipinski definition) is 2. The lowest BCUT2D eigenvalue weighted by Gasteiger charge is -2.39. The van der Waals surface area contributed by atoms with Gasteiger partial charge in [-0.25, -0.2) is 4.79 Å². The van der Waals surface area contributed by atoms with Crippen molar-refractivity contribution in [1.29, 1.82) is 0 Å². The molecule has 1 aromatic carbocycles. The maximum atomic E-state index is 13.0. The number of nitrogens with zero attached hydrogens (tertiary/aromatic N) is 3. The Morgan fingerprint density at radius 3 is 2.29 bits per heavy atom. The zero-order valence-corrected chi connectivity index (χ0v) is 17.7. The van der Waals surface area contributed by atoms with Crippen LogP contribution in [0.5, 0.6) is 0 Å². The fourth-order valence-corrected chi connectivity index (χ4v) is 3.27. The molecule has 0 radical (unpaired) electrons. The van der Waals surface area contributed by atoms with Crippen LogP contribution in [0.3, 0.4) is 0 Å². The summed E-state index contributed by atoms with van der Waals surface area (Å²) in [5.41, 5.74) is 0.347. The SMILES string of the molecule is CS/C(=N\N)NC(=O)C(c1ccccc1)N1CCN(C(=O)OC(C)(C)C)CC1. The van der Waals surface area contributed by atoms with Crippen LogP contribution in [-0.4, -0.2) is 65.0 Å². The van der Waals surface area contributed by atoms with Gasteiger partial charge < -0.3 is 20.8 Å². The molecule has 3 N–H and O–H groups in total. The zero-order chi connectivity index (χ0) is 20.7. The Morgan fingerprint density at radius 1 is 1.18 bits per heavy atom. The monoisotopic (exact) mass is 407 g/mol. The minimum Gasteiger partial charge on any atom is -0.444 e. The first-order valence-corrected chi connectivity index (χ1v) is 10.4. The summed E-state index contributed by atoms with van der Waals surface area (Å²) in [6, 6.07) is 9.06. The fourth-order valence-electron chi connectivity index (χ4n) is 2.96. The number of piperazine rings is 1. The van der Waals surface area contributed by atoms with Crippen LogP contribution in [0.4, 0.5) is 4.79 Å². The average molecular weight is 408 g/mol. The summed E-state index contributed by atoms with van der Waals surface area (Å²) in [6.45, 7) is 7.64. The van der Waals surface area contributed by atoms with Gasteiger partial charge in [0.05, 0.1) is 0 Å². The van der Waals surface area contributed by atoms with Crippen LogP contribution in [-0.2, 0) is 9.53 Å². The molecule has 0 bridgehead atoms. The van der Waals surface area contributed by atoms with E-state index >= 15 is 0 Å². The number of carbonyl (C=O) groups is 2. The molecular formula is C19H29N5O3S. The molecule has 1 heterocycles. The van der Waals surface area contributed by atoms with E-state index < -0.39 is 11.6 Å². The number of amides is 2. The van der Waals surface area contributed by atoms with E-state index in [1.165, 1.54) is 11.8 Å². The highest BCUT2D eigenvalue weighted by molar-refractivity contribution is 8.13. The third-order valence-electron chi connectivity index (χ3n) is 4.24. The Hall–Kier alpha value is -2.26. The molecule has 154 valence electrons. The van der Waals surface area contributed by atoms with Gasteiger partial charge in [0.15, 0.2) is 5.17 Å². The van der Waals surface area contributed by atoms with E-state index in [2.05, 4.69) is 15.3 Å². The van der Waals surface area contributed by atoms with Gasteiger partial charge in [0.25, 0.3) is 0 Å². The Morgan fingerprint density at radius 2 is 1.79 bits per heavy atom. The molecule has 1 aliphatic heterocycles. The normalized spacial score (nSPS) is 17.1. The molecule has 1 unspecified atom stereocenters. The Balaban J connectivity index is 2.11. The highest BCUT2D eigenvalue weighted by Gasteiger charge is 2.33. The molecule has 9 heteroatoms. The first-order valence-electron chi connectivity index (χ1n) is 9.15. The van der Waals surface area contributed by atoms with Crippen molar-refractivity contribution in [3.63, 3.8) is 0 Å². The predicted molar refractivity (Wildman–Crippen MR) is 112 cm³/mol. The standard InChI is InChI=1S/C19H29N5O3S/c1-19(2,3)27-18(26)24-12-10-23(11-13-24)15(14-8-6-5-7-9-14)16(25)21-17(22-20)28-4/h5-9,15H,10-13,20H2,1-4H3,(H,21,22,25). The molecule has 2 rings (SSSR count). The second kappa shape index (κ2) is 9.79. The van der Waals surface area contributed by atoms with E-state index in [9.17, 15) is 9.59 Å². The van der Waals surface area contributed by atoms with Crippen molar-refractivity contribution in [1.82, 2.24) is 15.1 Å². The maximum Gasteiger partial charge on any atom is 0.410 e. The summed E-state index contributed by atoms with van der Waals surface area (Å²) in [4.78, 5) is 29.0. The minimum atomic E-state index is -0.531. The summed E-state index contributed by atoms with van der Waals surface area (Å²) >= 11 is 1.27. The highest BCUT2D eigenvalue weighted by atomic mass is 32.2. The highest BCUT2D eigenvalue weighted by Crippen LogP contribution is 2.23. The molecule has 0 aliphatic carbocycles. The number of ether oxygens (including phenoxy) is 1. The third kappa shape index (κ3) is 6.13. The number of nitrogens with two attached hydrogens (primary N) is 1. The van der Waals surface area contributed by atoms with Crippen molar-refractivity contribution < 1.29 is 14.3 Å². The molecule has 2 amide bonds. The van der Waals surface area contributed by atoms with Gasteiger partial charge in [0.1, 0.15) is 11.6 Å². The average Bonchev–Trinajstić information content (AvgIpc) is 2.66. The number of rotatable bonds is 3. The third-order valence-corrected chi connectivity index (χ3v) is 4.83. The van der Waals surface area contributed by atoms with Crippen LogP contribution < -0.4 is 11.2 Å². The van der Waals surface area contributed by atoms with E-state index in [-0.39, 0.29) is 12.0 Å². The van der Waals surface area contributed by atoms with Crippen molar-refractivity contribution in [3.05, 3.63) is 35.9 Å². The van der Waals surface area contributed by atoms with Crippen molar-refractivity contribution in [2.75, 3.05) is 32.4 Å². The zero-order valence-electron chi connectivity index (χ0n) is 16.8. The number of thioether (sulfide) groups is 1. The van der Waals surface area contributed by atoms with Gasteiger partial charge in [0.2, 0.25) is 5.91 Å². The molecular weight excluding hydrogens is 378 g/mol. The largest absolute Gasteiger partial charge is 0.444 e. The first kappa shape index (κ1) is 22.0. The summed E-state index contributed by atoms with van der Waals surface area (Å²) in [6.07, 6.45) is 1.47. The maximum absolute atomic E-state index is 13.0. The van der Waals surface area contributed by atoms with Crippen LogP contribution in [0.15, 0.2) is 35.4 Å². The van der Waals surface area contributed by atoms with Crippen LogP contribution >= 0.6 is 11.8 Å². The molecule has 0 aromatic heterocycles. The molecule has 1 aromatic rings. The molecule has 8 nitrogen and oxygen atoms in total. The van der Waals surface area contributed by atoms with Gasteiger partial charge in [-0.05, 0) is 32.6 Å². The number of carbonyl (C=O) groups excluding carboxylic acids is 2. The molecule has 1 aliphatic rings. The number of amidine groups is 1. The van der Waals surface area contributed by atoms with Crippen molar-refractivity contribution in [3.8, 4) is 0 Å². The van der Waals surface area contributed by atoms with E-state index in [0.717, 1.165) is 5.56 Å². The van der Waals surface area contributed by atoms with Gasteiger partial charge in [-0.3, -0.25) is 9.69 Å². The van der Waals surface area contributed by atoms with Crippen LogP contribution in [0.1, 0.15) is 32.4 Å². The number of benzene rings is 1. The Labute approximate surface area is 170 Å².